The molecular formula is C16H14O3S. The summed E-state index contributed by atoms with van der Waals surface area (Å²) in [5.74, 6) is 0.735. The molecule has 1 aliphatic carbocycles. The van der Waals surface area contributed by atoms with Gasteiger partial charge in [0.25, 0.3) is 0 Å². The van der Waals surface area contributed by atoms with Crippen molar-refractivity contribution in [3.05, 3.63) is 64.6 Å². The highest BCUT2D eigenvalue weighted by Crippen LogP contribution is 2.33. The first kappa shape index (κ1) is 12.9. The summed E-state index contributed by atoms with van der Waals surface area (Å²) in [7, 11) is -1.81. The van der Waals surface area contributed by atoms with Gasteiger partial charge < -0.3 is 4.74 Å². The van der Waals surface area contributed by atoms with Crippen molar-refractivity contribution in [1.82, 2.24) is 0 Å². The van der Waals surface area contributed by atoms with Crippen LogP contribution in [0.5, 0.6) is 5.75 Å². The van der Waals surface area contributed by atoms with Gasteiger partial charge in [0.15, 0.2) is 0 Å². The van der Waals surface area contributed by atoms with Gasteiger partial charge in [-0.3, -0.25) is 0 Å². The van der Waals surface area contributed by atoms with Crippen LogP contribution >= 0.6 is 0 Å². The Hall–Kier alpha value is -2.07. The van der Waals surface area contributed by atoms with Crippen LogP contribution < -0.4 is 4.74 Å². The molecule has 2 aromatic carbocycles. The van der Waals surface area contributed by atoms with E-state index in [-0.39, 0.29) is 0 Å². The van der Waals surface area contributed by atoms with E-state index >= 15 is 0 Å². The van der Waals surface area contributed by atoms with Crippen LogP contribution in [-0.4, -0.2) is 15.5 Å². The number of fused-ring (bicyclic) bond motifs is 1. The monoisotopic (exact) mass is 286 g/mol. The molecule has 0 spiro atoms. The summed E-state index contributed by atoms with van der Waals surface area (Å²) >= 11 is 0. The minimum Gasteiger partial charge on any atom is -0.497 e. The molecule has 0 aliphatic heterocycles. The van der Waals surface area contributed by atoms with Gasteiger partial charge in [0, 0.05) is 6.42 Å². The van der Waals surface area contributed by atoms with Crippen molar-refractivity contribution in [2.24, 2.45) is 0 Å². The molecule has 3 nitrogen and oxygen atoms in total. The predicted octanol–water partition coefficient (Wildman–Crippen LogP) is 3.07. The Labute approximate surface area is 118 Å². The Bertz CT molecular complexity index is 775. The zero-order chi connectivity index (χ0) is 14.2. The fourth-order valence-corrected chi connectivity index (χ4v) is 3.78. The summed E-state index contributed by atoms with van der Waals surface area (Å²) in [5.41, 5.74) is 1.93. The lowest BCUT2D eigenvalue weighted by atomic mass is 10.1. The van der Waals surface area contributed by atoms with Gasteiger partial charge in [0.1, 0.15) is 5.75 Å². The van der Waals surface area contributed by atoms with Crippen LogP contribution in [0.15, 0.2) is 58.3 Å². The van der Waals surface area contributed by atoms with Gasteiger partial charge in [-0.25, -0.2) is 8.42 Å². The molecule has 0 amide bonds. The van der Waals surface area contributed by atoms with Crippen molar-refractivity contribution < 1.29 is 13.2 Å². The molecule has 0 saturated heterocycles. The zero-order valence-electron chi connectivity index (χ0n) is 11.0. The van der Waals surface area contributed by atoms with Crippen LogP contribution in [0.1, 0.15) is 11.1 Å². The molecule has 0 bridgehead atoms. The maximum absolute atomic E-state index is 12.6. The van der Waals surface area contributed by atoms with Crippen LogP contribution in [0.2, 0.25) is 0 Å². The Kier molecular flexibility index (Phi) is 3.10. The molecule has 0 unspecified atom stereocenters. The smallest absolute Gasteiger partial charge is 0.203 e. The molecule has 3 rings (SSSR count). The van der Waals surface area contributed by atoms with Crippen LogP contribution in [-0.2, 0) is 16.3 Å². The lowest BCUT2D eigenvalue weighted by Gasteiger charge is -2.05. The summed E-state index contributed by atoms with van der Waals surface area (Å²) in [4.78, 5) is 0.776. The lowest BCUT2D eigenvalue weighted by molar-refractivity contribution is 0.414. The standard InChI is InChI=1S/C16H14O3S/c1-19-14-8-7-12-10-16(11-13(12)9-14)20(17,18)15-5-3-2-4-6-15/h2-9,11H,10H2,1H3. The predicted molar refractivity (Wildman–Crippen MR) is 78.3 cm³/mol. The minimum absolute atomic E-state index is 0.339. The maximum Gasteiger partial charge on any atom is 0.203 e. The van der Waals surface area contributed by atoms with Gasteiger partial charge in [0.2, 0.25) is 9.84 Å². The average Bonchev–Trinajstić information content (AvgIpc) is 2.91. The molecule has 102 valence electrons. The molecule has 0 aromatic heterocycles. The molecule has 0 fully saturated rings. The van der Waals surface area contributed by atoms with Crippen molar-refractivity contribution in [2.45, 2.75) is 11.3 Å². The quantitative estimate of drug-likeness (QED) is 0.871. The van der Waals surface area contributed by atoms with E-state index < -0.39 is 9.84 Å². The van der Waals surface area contributed by atoms with E-state index in [0.717, 1.165) is 16.9 Å². The van der Waals surface area contributed by atoms with Crippen LogP contribution in [0.3, 0.4) is 0 Å². The van der Waals surface area contributed by atoms with E-state index in [9.17, 15) is 8.42 Å². The number of benzene rings is 2. The van der Waals surface area contributed by atoms with Gasteiger partial charge in [-0.05, 0) is 41.5 Å². The highest BCUT2D eigenvalue weighted by molar-refractivity contribution is 7.95. The lowest BCUT2D eigenvalue weighted by Crippen LogP contribution is -2.04. The summed E-state index contributed by atoms with van der Waals surface area (Å²) in [5, 5.41) is 0. The van der Waals surface area contributed by atoms with Gasteiger partial charge >= 0.3 is 0 Å². The number of sulfone groups is 1. The zero-order valence-corrected chi connectivity index (χ0v) is 11.9. The normalized spacial score (nSPS) is 13.8. The second kappa shape index (κ2) is 4.80. The number of ether oxygens (including phenoxy) is 1. The fourth-order valence-electron chi connectivity index (χ4n) is 2.33. The topological polar surface area (TPSA) is 43.4 Å². The SMILES string of the molecule is COc1ccc2c(c1)C=C(S(=O)(=O)c1ccccc1)C2. The fraction of sp³-hybridized carbons (Fsp3) is 0.125. The molecule has 2 aromatic rings. The van der Waals surface area contributed by atoms with E-state index in [4.69, 9.17) is 4.74 Å². The molecule has 0 heterocycles. The molecule has 0 N–H and O–H groups in total. The third-order valence-corrected chi connectivity index (χ3v) is 5.28. The largest absolute Gasteiger partial charge is 0.497 e. The van der Waals surface area contributed by atoms with Crippen LogP contribution in [0.4, 0.5) is 0 Å². The van der Waals surface area contributed by atoms with Crippen molar-refractivity contribution >= 4 is 15.9 Å². The molecule has 0 radical (unpaired) electrons. The number of allylic oxidation sites excluding steroid dienone is 1. The van der Waals surface area contributed by atoms with E-state index in [2.05, 4.69) is 0 Å². The summed E-state index contributed by atoms with van der Waals surface area (Å²) in [6.07, 6.45) is 2.18. The average molecular weight is 286 g/mol. The summed E-state index contributed by atoms with van der Waals surface area (Å²) in [6.45, 7) is 0. The van der Waals surface area contributed by atoms with Gasteiger partial charge in [-0.1, -0.05) is 24.3 Å². The highest BCUT2D eigenvalue weighted by Gasteiger charge is 2.25. The Balaban J connectivity index is 2.02. The first-order valence-corrected chi connectivity index (χ1v) is 7.77. The Morgan fingerprint density at radius 2 is 1.80 bits per heavy atom. The molecule has 4 heteroatoms. The van der Waals surface area contributed by atoms with E-state index in [1.54, 1.807) is 37.5 Å². The van der Waals surface area contributed by atoms with E-state index in [1.807, 2.05) is 24.3 Å². The van der Waals surface area contributed by atoms with Crippen molar-refractivity contribution in [3.8, 4) is 5.75 Å². The first-order valence-electron chi connectivity index (χ1n) is 6.29. The van der Waals surface area contributed by atoms with Gasteiger partial charge in [-0.2, -0.15) is 0 Å². The summed E-state index contributed by atoms with van der Waals surface area (Å²) in [6, 6.07) is 14.2. The number of hydrogen-bond acceptors (Lipinski definition) is 3. The second-order valence-electron chi connectivity index (χ2n) is 4.67. The van der Waals surface area contributed by atoms with Crippen LogP contribution in [0.25, 0.3) is 6.08 Å². The third-order valence-electron chi connectivity index (χ3n) is 3.43. The molecule has 0 atom stereocenters. The molecule has 0 saturated carbocycles. The first-order chi connectivity index (χ1) is 9.61. The number of hydrogen-bond donors (Lipinski definition) is 0. The van der Waals surface area contributed by atoms with Crippen LogP contribution in [0, 0.1) is 0 Å². The third kappa shape index (κ3) is 2.12. The molecule has 1 aliphatic rings. The number of methoxy groups -OCH3 is 1. The van der Waals surface area contributed by atoms with Crippen molar-refractivity contribution in [2.75, 3.05) is 7.11 Å². The second-order valence-corrected chi connectivity index (χ2v) is 6.67. The van der Waals surface area contributed by atoms with E-state index in [1.165, 1.54) is 0 Å². The van der Waals surface area contributed by atoms with E-state index in [0.29, 0.717) is 16.2 Å². The minimum atomic E-state index is -3.41. The Morgan fingerprint density at radius 1 is 1.05 bits per heavy atom. The van der Waals surface area contributed by atoms with Gasteiger partial charge in [0.05, 0.1) is 16.9 Å². The molecular weight excluding hydrogens is 272 g/mol. The van der Waals surface area contributed by atoms with Crippen molar-refractivity contribution in [1.29, 1.82) is 0 Å². The molecule has 20 heavy (non-hydrogen) atoms. The maximum atomic E-state index is 12.6. The summed E-state index contributed by atoms with van der Waals surface area (Å²) < 4.78 is 30.3. The number of rotatable bonds is 3. The highest BCUT2D eigenvalue weighted by atomic mass is 32.2. The van der Waals surface area contributed by atoms with Gasteiger partial charge in [-0.15, -0.1) is 0 Å². The van der Waals surface area contributed by atoms with Crippen molar-refractivity contribution in [3.63, 3.8) is 0 Å². The Morgan fingerprint density at radius 3 is 2.50 bits per heavy atom.